The average Bonchev–Trinajstić information content (AvgIpc) is 3.15. The van der Waals surface area contributed by atoms with E-state index in [-0.39, 0.29) is 30.2 Å². The van der Waals surface area contributed by atoms with E-state index in [2.05, 4.69) is 22.2 Å². The third-order valence-electron chi connectivity index (χ3n) is 8.39. The predicted octanol–water partition coefficient (Wildman–Crippen LogP) is 2.95. The molecule has 1 N–H and O–H groups in total. The van der Waals surface area contributed by atoms with Gasteiger partial charge in [-0.2, -0.15) is 0 Å². The van der Waals surface area contributed by atoms with Crippen LogP contribution in [-0.4, -0.2) is 83.8 Å². The van der Waals surface area contributed by atoms with E-state index < -0.39 is 6.04 Å². The van der Waals surface area contributed by atoms with Crippen molar-refractivity contribution in [3.8, 4) is 5.75 Å². The van der Waals surface area contributed by atoms with Gasteiger partial charge in [-0.15, -0.1) is 0 Å². The molecule has 1 aromatic rings. The Morgan fingerprint density at radius 2 is 1.67 bits per heavy atom. The van der Waals surface area contributed by atoms with Gasteiger partial charge in [0.05, 0.1) is 0 Å². The van der Waals surface area contributed by atoms with Crippen LogP contribution in [0.4, 0.5) is 0 Å². The Labute approximate surface area is 214 Å². The molecule has 0 bridgehead atoms. The molecule has 36 heavy (non-hydrogen) atoms. The first-order chi connectivity index (χ1) is 17.5. The van der Waals surface area contributed by atoms with Crippen LogP contribution in [0.15, 0.2) is 18.2 Å². The highest BCUT2D eigenvalue weighted by atomic mass is 16.5. The summed E-state index contributed by atoms with van der Waals surface area (Å²) in [5.41, 5.74) is 1.53. The Balaban J connectivity index is 0.000000330. The summed E-state index contributed by atoms with van der Waals surface area (Å²) < 4.78 is 6.41. The maximum absolute atomic E-state index is 12.8. The van der Waals surface area contributed by atoms with E-state index in [1.807, 2.05) is 18.2 Å². The molecule has 0 spiro atoms. The fourth-order valence-corrected chi connectivity index (χ4v) is 6.16. The van der Waals surface area contributed by atoms with Gasteiger partial charge in [-0.3, -0.25) is 24.6 Å². The van der Waals surface area contributed by atoms with Crippen molar-refractivity contribution >= 4 is 17.7 Å². The lowest BCUT2D eigenvalue weighted by Crippen LogP contribution is -2.53. The molecule has 3 atom stereocenters. The van der Waals surface area contributed by atoms with Crippen LogP contribution < -0.4 is 10.1 Å². The van der Waals surface area contributed by atoms with E-state index in [1.54, 1.807) is 4.90 Å². The Morgan fingerprint density at radius 3 is 2.33 bits per heavy atom. The monoisotopic (exact) mass is 496 g/mol. The summed E-state index contributed by atoms with van der Waals surface area (Å²) in [4.78, 5) is 42.9. The summed E-state index contributed by atoms with van der Waals surface area (Å²) in [7, 11) is 2.19. The number of ether oxygens (including phenoxy) is 1. The lowest BCUT2D eigenvalue weighted by molar-refractivity contribution is -0.136. The quantitative estimate of drug-likeness (QED) is 0.646. The number of benzene rings is 1. The average molecular weight is 497 g/mol. The number of piperidine rings is 2. The Morgan fingerprint density at radius 1 is 0.889 bits per heavy atom. The summed E-state index contributed by atoms with van der Waals surface area (Å²) in [6, 6.07) is 5.58. The summed E-state index contributed by atoms with van der Waals surface area (Å²) in [6.45, 7) is 5.37. The van der Waals surface area contributed by atoms with Crippen LogP contribution in [0.2, 0.25) is 0 Å². The lowest BCUT2D eigenvalue weighted by Gasteiger charge is -2.44. The van der Waals surface area contributed by atoms with Gasteiger partial charge in [-0.25, -0.2) is 0 Å². The van der Waals surface area contributed by atoms with Gasteiger partial charge in [0, 0.05) is 24.6 Å². The third kappa shape index (κ3) is 5.59. The van der Waals surface area contributed by atoms with Crippen LogP contribution in [-0.2, 0) is 16.1 Å². The third-order valence-corrected chi connectivity index (χ3v) is 8.39. The highest BCUT2D eigenvalue weighted by Gasteiger charge is 2.39. The molecule has 0 radical (unpaired) electrons. The van der Waals surface area contributed by atoms with Gasteiger partial charge in [0.2, 0.25) is 11.8 Å². The molecule has 0 aromatic heterocycles. The molecule has 3 amide bonds. The van der Waals surface area contributed by atoms with E-state index >= 15 is 0 Å². The van der Waals surface area contributed by atoms with E-state index in [9.17, 15) is 14.4 Å². The maximum Gasteiger partial charge on any atom is 0.255 e. The summed E-state index contributed by atoms with van der Waals surface area (Å²) in [5.74, 6) is 0.0186. The van der Waals surface area contributed by atoms with Crippen molar-refractivity contribution in [3.05, 3.63) is 29.3 Å². The number of rotatable bonds is 4. The molecular formula is C28H40N4O4. The van der Waals surface area contributed by atoms with Gasteiger partial charge in [0.25, 0.3) is 5.91 Å². The standard InChI is InChI=1S/C22H27N3O4.C6H13N/c26-20-9-8-18(21(27)23-20)25-13-14-12-15(6-7-16(14)22(25)28)29-19-5-2-1-4-17(19)24-10-3-11-24;1-7-5-3-2-4-6-7/h6-7,12,17-19H,1-5,8-11,13H2,(H,23,26,27);2-6H2,1H3. The number of nitrogens with zero attached hydrogens (tertiary/aromatic N) is 3. The second-order valence-electron chi connectivity index (χ2n) is 11.0. The smallest absolute Gasteiger partial charge is 0.255 e. The van der Waals surface area contributed by atoms with Gasteiger partial charge in [-0.1, -0.05) is 12.8 Å². The second-order valence-corrected chi connectivity index (χ2v) is 11.0. The molecular weight excluding hydrogens is 456 g/mol. The topological polar surface area (TPSA) is 82.2 Å². The fraction of sp³-hybridized carbons (Fsp3) is 0.679. The van der Waals surface area contributed by atoms with E-state index in [4.69, 9.17) is 4.74 Å². The molecule has 4 aliphatic heterocycles. The highest BCUT2D eigenvalue weighted by Crippen LogP contribution is 2.33. The molecule has 8 nitrogen and oxygen atoms in total. The second kappa shape index (κ2) is 11.3. The zero-order valence-corrected chi connectivity index (χ0v) is 21.5. The summed E-state index contributed by atoms with van der Waals surface area (Å²) >= 11 is 0. The molecule has 196 valence electrons. The summed E-state index contributed by atoms with van der Waals surface area (Å²) in [5, 5.41) is 2.34. The molecule has 3 unspecified atom stereocenters. The number of carbonyl (C=O) groups is 3. The van der Waals surface area contributed by atoms with Crippen LogP contribution in [0.3, 0.4) is 0 Å². The van der Waals surface area contributed by atoms with E-state index in [0.29, 0.717) is 24.6 Å². The zero-order valence-electron chi connectivity index (χ0n) is 21.5. The fourth-order valence-electron chi connectivity index (χ4n) is 6.16. The number of imide groups is 1. The number of amides is 3. The van der Waals surface area contributed by atoms with Crippen LogP contribution in [0.5, 0.6) is 5.75 Å². The molecule has 1 aliphatic carbocycles. The van der Waals surface area contributed by atoms with Crippen LogP contribution in [0.1, 0.15) is 80.1 Å². The van der Waals surface area contributed by atoms with Crippen LogP contribution >= 0.6 is 0 Å². The molecule has 8 heteroatoms. The minimum absolute atomic E-state index is 0.142. The first-order valence-corrected chi connectivity index (χ1v) is 13.9. The van der Waals surface area contributed by atoms with Gasteiger partial charge in [-0.05, 0) is 102 Å². The molecule has 3 saturated heterocycles. The van der Waals surface area contributed by atoms with Crippen molar-refractivity contribution in [2.75, 3.05) is 33.2 Å². The number of nitrogens with one attached hydrogen (secondary N) is 1. The van der Waals surface area contributed by atoms with Crippen molar-refractivity contribution < 1.29 is 19.1 Å². The van der Waals surface area contributed by atoms with Crippen LogP contribution in [0.25, 0.3) is 0 Å². The van der Waals surface area contributed by atoms with E-state index in [0.717, 1.165) is 17.7 Å². The number of carbonyl (C=O) groups excluding carboxylic acids is 3. The molecule has 1 saturated carbocycles. The minimum atomic E-state index is -0.578. The number of hydrogen-bond acceptors (Lipinski definition) is 6. The largest absolute Gasteiger partial charge is 0.489 e. The Bertz CT molecular complexity index is 972. The predicted molar refractivity (Wildman–Crippen MR) is 137 cm³/mol. The van der Waals surface area contributed by atoms with Crippen LogP contribution in [0, 0.1) is 0 Å². The Kier molecular flexibility index (Phi) is 7.91. The molecule has 4 heterocycles. The zero-order chi connectivity index (χ0) is 25.1. The number of likely N-dealkylation sites (tertiary alicyclic amines) is 2. The first kappa shape index (κ1) is 25.2. The highest BCUT2D eigenvalue weighted by molar-refractivity contribution is 6.05. The normalized spacial score (nSPS) is 29.1. The number of fused-ring (bicyclic) bond motifs is 1. The van der Waals surface area contributed by atoms with Crippen molar-refractivity contribution in [1.29, 1.82) is 0 Å². The van der Waals surface area contributed by atoms with Gasteiger partial charge >= 0.3 is 0 Å². The van der Waals surface area contributed by atoms with Gasteiger partial charge in [0.15, 0.2) is 0 Å². The van der Waals surface area contributed by atoms with Gasteiger partial charge < -0.3 is 14.5 Å². The van der Waals surface area contributed by atoms with Crippen molar-refractivity contribution in [1.82, 2.24) is 20.0 Å². The molecule has 1 aromatic carbocycles. The first-order valence-electron chi connectivity index (χ1n) is 13.9. The molecule has 5 aliphatic rings. The summed E-state index contributed by atoms with van der Waals surface area (Å²) in [6.07, 6.45) is 11.1. The van der Waals surface area contributed by atoms with Crippen molar-refractivity contribution in [3.63, 3.8) is 0 Å². The Hall–Kier alpha value is -2.45. The minimum Gasteiger partial charge on any atom is -0.489 e. The lowest BCUT2D eigenvalue weighted by atomic mass is 9.89. The SMILES string of the molecule is CN1CCCCC1.O=C1CCC(N2Cc3cc(OC4CCCCC4N4CCC4)ccc3C2=O)C(=O)N1. The molecule has 4 fully saturated rings. The molecule has 6 rings (SSSR count). The van der Waals surface area contributed by atoms with Crippen molar-refractivity contribution in [2.45, 2.75) is 88.9 Å². The van der Waals surface area contributed by atoms with Gasteiger partial charge in [0.1, 0.15) is 17.9 Å². The van der Waals surface area contributed by atoms with Crippen molar-refractivity contribution in [2.24, 2.45) is 0 Å². The van der Waals surface area contributed by atoms with E-state index in [1.165, 1.54) is 71.1 Å². The maximum atomic E-state index is 12.8. The number of hydrogen-bond donors (Lipinski definition) is 1.